The van der Waals surface area contributed by atoms with Gasteiger partial charge in [-0.2, -0.15) is 0 Å². The zero-order valence-corrected chi connectivity index (χ0v) is 22.7. The molecule has 1 atom stereocenters. The topological polar surface area (TPSA) is 86.8 Å². The fraction of sp³-hybridized carbons (Fsp3) is 0.462. The first-order valence-corrected chi connectivity index (χ1v) is 14.7. The third kappa shape index (κ3) is 7.80. The van der Waals surface area contributed by atoms with E-state index in [0.29, 0.717) is 25.1 Å². The van der Waals surface area contributed by atoms with E-state index in [1.54, 1.807) is 29.2 Å². The average Bonchev–Trinajstić information content (AvgIpc) is 3.33. The molecule has 0 aliphatic heterocycles. The molecule has 1 saturated carbocycles. The van der Waals surface area contributed by atoms with Gasteiger partial charge in [0.1, 0.15) is 12.6 Å². The summed E-state index contributed by atoms with van der Waals surface area (Å²) in [6.07, 6.45) is 6.18. The van der Waals surface area contributed by atoms with Crippen LogP contribution in [0.4, 0.5) is 5.69 Å². The van der Waals surface area contributed by atoms with Crippen molar-refractivity contribution in [3.8, 4) is 0 Å². The van der Waals surface area contributed by atoms with Gasteiger partial charge in [-0.1, -0.05) is 66.0 Å². The summed E-state index contributed by atoms with van der Waals surface area (Å²) in [6, 6.07) is 16.0. The fourth-order valence-electron chi connectivity index (χ4n) is 4.48. The quantitative estimate of drug-likeness (QED) is 0.445. The van der Waals surface area contributed by atoms with E-state index in [1.807, 2.05) is 37.3 Å². The number of hydrogen-bond donors (Lipinski definition) is 1. The Hall–Kier alpha value is -2.39. The Morgan fingerprint density at radius 2 is 1.69 bits per heavy atom. The number of halogens is 1. The van der Waals surface area contributed by atoms with Crippen LogP contribution in [0.25, 0.3) is 0 Å². The molecule has 1 fully saturated rings. The summed E-state index contributed by atoms with van der Waals surface area (Å²) >= 11 is 3.35. The molecule has 2 aromatic rings. The second kappa shape index (κ2) is 12.5. The first kappa shape index (κ1) is 27.2. The Kier molecular flexibility index (Phi) is 9.74. The second-order valence-corrected chi connectivity index (χ2v) is 11.8. The zero-order valence-electron chi connectivity index (χ0n) is 20.3. The number of rotatable bonds is 11. The van der Waals surface area contributed by atoms with Crippen LogP contribution in [0.5, 0.6) is 0 Å². The highest BCUT2D eigenvalue weighted by molar-refractivity contribution is 9.10. The van der Waals surface area contributed by atoms with E-state index >= 15 is 0 Å². The number of nitrogens with one attached hydrogen (secondary N) is 1. The molecular formula is C26H34BrN3O4S. The van der Waals surface area contributed by atoms with Gasteiger partial charge in [-0.25, -0.2) is 8.42 Å². The molecule has 3 rings (SSSR count). The first-order valence-electron chi connectivity index (χ1n) is 12.1. The van der Waals surface area contributed by atoms with E-state index in [-0.39, 0.29) is 18.5 Å². The largest absolute Gasteiger partial charge is 0.352 e. The maximum absolute atomic E-state index is 13.6. The van der Waals surface area contributed by atoms with Gasteiger partial charge >= 0.3 is 0 Å². The highest BCUT2D eigenvalue weighted by atomic mass is 79.9. The van der Waals surface area contributed by atoms with Crippen molar-refractivity contribution in [1.29, 1.82) is 0 Å². The second-order valence-electron chi connectivity index (χ2n) is 8.98. The van der Waals surface area contributed by atoms with E-state index < -0.39 is 22.0 Å². The molecule has 7 nitrogen and oxygen atoms in total. The Morgan fingerprint density at radius 3 is 2.26 bits per heavy atom. The van der Waals surface area contributed by atoms with Gasteiger partial charge in [0.05, 0.1) is 11.9 Å². The lowest BCUT2D eigenvalue weighted by atomic mass is 10.1. The van der Waals surface area contributed by atoms with Crippen LogP contribution in [-0.2, 0) is 26.0 Å². The van der Waals surface area contributed by atoms with E-state index in [4.69, 9.17) is 0 Å². The number of benzene rings is 2. The van der Waals surface area contributed by atoms with Gasteiger partial charge in [0.2, 0.25) is 21.8 Å². The molecule has 0 aromatic heterocycles. The van der Waals surface area contributed by atoms with Gasteiger partial charge in [-0.15, -0.1) is 0 Å². The molecular weight excluding hydrogens is 530 g/mol. The number of carbonyl (C=O) groups excluding carboxylic acids is 2. The molecule has 9 heteroatoms. The van der Waals surface area contributed by atoms with Gasteiger partial charge in [0, 0.05) is 17.1 Å². The minimum Gasteiger partial charge on any atom is -0.352 e. The first-order chi connectivity index (χ1) is 16.7. The lowest BCUT2D eigenvalue weighted by Crippen LogP contribution is -2.54. The van der Waals surface area contributed by atoms with E-state index in [0.717, 1.165) is 46.3 Å². The normalized spacial score (nSPS) is 14.9. The van der Waals surface area contributed by atoms with Gasteiger partial charge < -0.3 is 10.2 Å². The van der Waals surface area contributed by atoms with Crippen LogP contribution in [-0.4, -0.2) is 56.6 Å². The number of amides is 2. The van der Waals surface area contributed by atoms with Crippen LogP contribution in [0.3, 0.4) is 0 Å². The summed E-state index contributed by atoms with van der Waals surface area (Å²) in [4.78, 5) is 28.4. The molecule has 1 aliphatic rings. The van der Waals surface area contributed by atoms with Gasteiger partial charge in [-0.05, 0) is 55.5 Å². The van der Waals surface area contributed by atoms with Crippen molar-refractivity contribution in [2.75, 3.05) is 23.7 Å². The highest BCUT2D eigenvalue weighted by Gasteiger charge is 2.32. The van der Waals surface area contributed by atoms with Gasteiger partial charge in [0.25, 0.3) is 0 Å². The van der Waals surface area contributed by atoms with Crippen LogP contribution in [0.15, 0.2) is 59.1 Å². The molecule has 35 heavy (non-hydrogen) atoms. The minimum absolute atomic E-state index is 0.137. The molecule has 2 aromatic carbocycles. The molecule has 2 amide bonds. The van der Waals surface area contributed by atoms with Crippen LogP contribution in [0.1, 0.15) is 44.6 Å². The van der Waals surface area contributed by atoms with Crippen molar-refractivity contribution in [2.45, 2.75) is 57.5 Å². The van der Waals surface area contributed by atoms with Gasteiger partial charge in [0.15, 0.2) is 0 Å². The van der Waals surface area contributed by atoms with Crippen LogP contribution >= 0.6 is 15.9 Å². The molecule has 0 saturated heterocycles. The van der Waals surface area contributed by atoms with Crippen LogP contribution in [0.2, 0.25) is 0 Å². The van der Waals surface area contributed by atoms with Crippen LogP contribution in [0, 0.1) is 0 Å². The smallest absolute Gasteiger partial charge is 0.244 e. The fourth-order valence-corrected chi connectivity index (χ4v) is 5.60. The molecule has 190 valence electrons. The van der Waals surface area contributed by atoms with Crippen molar-refractivity contribution in [2.24, 2.45) is 0 Å². The Balaban J connectivity index is 1.85. The van der Waals surface area contributed by atoms with E-state index in [2.05, 4.69) is 21.2 Å². The third-order valence-corrected chi connectivity index (χ3v) is 8.03. The Bertz CT molecular complexity index is 1090. The molecule has 0 unspecified atom stereocenters. The monoisotopic (exact) mass is 563 g/mol. The lowest BCUT2D eigenvalue weighted by molar-refractivity contribution is -0.139. The van der Waals surface area contributed by atoms with Crippen molar-refractivity contribution in [1.82, 2.24) is 10.2 Å². The average molecular weight is 565 g/mol. The van der Waals surface area contributed by atoms with Crippen molar-refractivity contribution in [3.05, 3.63) is 64.6 Å². The van der Waals surface area contributed by atoms with Crippen molar-refractivity contribution >= 4 is 43.5 Å². The summed E-state index contributed by atoms with van der Waals surface area (Å²) < 4.78 is 27.1. The van der Waals surface area contributed by atoms with Crippen molar-refractivity contribution < 1.29 is 18.0 Å². The summed E-state index contributed by atoms with van der Waals surface area (Å²) in [5, 5.41) is 3.11. The maximum atomic E-state index is 13.6. The maximum Gasteiger partial charge on any atom is 0.244 e. The molecule has 0 heterocycles. The van der Waals surface area contributed by atoms with Crippen LogP contribution < -0.4 is 9.62 Å². The molecule has 1 aliphatic carbocycles. The summed E-state index contributed by atoms with van der Waals surface area (Å²) in [5.41, 5.74) is 1.44. The lowest BCUT2D eigenvalue weighted by Gasteiger charge is -2.33. The number of carbonyl (C=O) groups is 2. The number of nitrogens with zero attached hydrogens (tertiary/aromatic N) is 2. The number of hydrogen-bond acceptors (Lipinski definition) is 4. The summed E-state index contributed by atoms with van der Waals surface area (Å²) in [5.74, 6) is -0.571. The predicted octanol–water partition coefficient (Wildman–Crippen LogP) is 4.12. The van der Waals surface area contributed by atoms with E-state index in [1.165, 1.54) is 0 Å². The summed E-state index contributed by atoms with van der Waals surface area (Å²) in [6.45, 7) is 1.82. The standard InChI is InChI=1S/C26H34BrN3O4S/c1-3-24(26(32)28-22-11-7-8-12-22)29(18-17-20-9-5-4-6-10-20)25(31)19-30(35(2,33)34)23-15-13-21(27)14-16-23/h4-6,9-10,13-16,22,24H,3,7-8,11-12,17-19H2,1-2H3,(H,28,32)/t24-/m0/s1. The molecule has 0 spiro atoms. The molecule has 0 radical (unpaired) electrons. The SMILES string of the molecule is CC[C@@H](C(=O)NC1CCCC1)N(CCc1ccccc1)C(=O)CN(c1ccc(Br)cc1)S(C)(=O)=O. The molecule has 1 N–H and O–H groups in total. The third-order valence-electron chi connectivity index (χ3n) is 6.37. The molecule has 0 bridgehead atoms. The Morgan fingerprint density at radius 1 is 1.06 bits per heavy atom. The minimum atomic E-state index is -3.73. The highest BCUT2D eigenvalue weighted by Crippen LogP contribution is 2.22. The van der Waals surface area contributed by atoms with Gasteiger partial charge in [-0.3, -0.25) is 13.9 Å². The number of sulfonamides is 1. The van der Waals surface area contributed by atoms with Crippen molar-refractivity contribution in [3.63, 3.8) is 0 Å². The predicted molar refractivity (Wildman–Crippen MR) is 143 cm³/mol. The number of anilines is 1. The summed E-state index contributed by atoms with van der Waals surface area (Å²) in [7, 11) is -3.73. The van der Waals surface area contributed by atoms with E-state index in [9.17, 15) is 18.0 Å². The zero-order chi connectivity index (χ0) is 25.4. The Labute approximate surface area is 217 Å².